The first-order valence-electron chi connectivity index (χ1n) is 10.4. The lowest BCUT2D eigenvalue weighted by molar-refractivity contribution is -0.111. The molecule has 0 unspecified atom stereocenters. The number of hydrogen-bond donors (Lipinski definition) is 1. The highest BCUT2D eigenvalue weighted by molar-refractivity contribution is 7.22. The van der Waals surface area contributed by atoms with Gasteiger partial charge in [0.1, 0.15) is 5.75 Å². The number of anilines is 1. The SMILES string of the molecule is CCOC(=O)c1ccc2nc(NC(=O)/C(=C/c3ccc(OC)cc3)c3ccccc3)sc2c1. The number of methoxy groups -OCH3 is 1. The van der Waals surface area contributed by atoms with Crippen LogP contribution in [0.25, 0.3) is 21.9 Å². The second-order valence-electron chi connectivity index (χ2n) is 7.07. The molecule has 0 aliphatic carbocycles. The summed E-state index contributed by atoms with van der Waals surface area (Å²) in [5.74, 6) is 0.0865. The third kappa shape index (κ3) is 5.27. The number of carbonyl (C=O) groups is 2. The van der Waals surface area contributed by atoms with Gasteiger partial charge in [-0.3, -0.25) is 10.1 Å². The van der Waals surface area contributed by atoms with Crippen LogP contribution in [0.4, 0.5) is 5.13 Å². The number of thiazole rings is 1. The average molecular weight is 459 g/mol. The molecule has 0 bridgehead atoms. The van der Waals surface area contributed by atoms with Gasteiger partial charge in [0.2, 0.25) is 0 Å². The summed E-state index contributed by atoms with van der Waals surface area (Å²) in [6.45, 7) is 2.07. The van der Waals surface area contributed by atoms with Crippen LogP contribution in [-0.4, -0.2) is 30.6 Å². The van der Waals surface area contributed by atoms with Gasteiger partial charge in [0, 0.05) is 5.57 Å². The number of hydrogen-bond acceptors (Lipinski definition) is 6. The number of fused-ring (bicyclic) bond motifs is 1. The molecule has 0 saturated carbocycles. The number of benzene rings is 3. The van der Waals surface area contributed by atoms with E-state index >= 15 is 0 Å². The van der Waals surface area contributed by atoms with Crippen molar-refractivity contribution in [3.63, 3.8) is 0 Å². The van der Waals surface area contributed by atoms with E-state index in [1.165, 1.54) is 11.3 Å². The Morgan fingerprint density at radius 1 is 1.00 bits per heavy atom. The largest absolute Gasteiger partial charge is 0.497 e. The molecule has 1 amide bonds. The van der Waals surface area contributed by atoms with Crippen LogP contribution < -0.4 is 10.1 Å². The number of nitrogens with one attached hydrogen (secondary N) is 1. The van der Waals surface area contributed by atoms with Gasteiger partial charge in [0.15, 0.2) is 5.13 Å². The number of nitrogens with zero attached hydrogens (tertiary/aromatic N) is 1. The fraction of sp³-hybridized carbons (Fsp3) is 0.115. The van der Waals surface area contributed by atoms with Gasteiger partial charge in [0.05, 0.1) is 29.5 Å². The van der Waals surface area contributed by atoms with E-state index in [9.17, 15) is 9.59 Å². The maximum absolute atomic E-state index is 13.3. The number of ether oxygens (including phenoxy) is 2. The Labute approximate surface area is 195 Å². The number of rotatable bonds is 7. The Hall–Kier alpha value is -3.97. The maximum Gasteiger partial charge on any atom is 0.338 e. The van der Waals surface area contributed by atoms with Crippen LogP contribution in [0, 0.1) is 0 Å². The zero-order valence-corrected chi connectivity index (χ0v) is 19.0. The fourth-order valence-electron chi connectivity index (χ4n) is 3.25. The highest BCUT2D eigenvalue weighted by atomic mass is 32.1. The first-order chi connectivity index (χ1) is 16.1. The van der Waals surface area contributed by atoms with Gasteiger partial charge >= 0.3 is 5.97 Å². The van der Waals surface area contributed by atoms with Crippen molar-refractivity contribution in [2.24, 2.45) is 0 Å². The van der Waals surface area contributed by atoms with Crippen molar-refractivity contribution in [2.45, 2.75) is 6.92 Å². The Balaban J connectivity index is 1.63. The van der Waals surface area contributed by atoms with Crippen molar-refractivity contribution in [1.29, 1.82) is 0 Å². The van der Waals surface area contributed by atoms with E-state index in [-0.39, 0.29) is 11.9 Å². The molecule has 0 spiro atoms. The van der Waals surface area contributed by atoms with E-state index in [1.807, 2.05) is 60.7 Å². The summed E-state index contributed by atoms with van der Waals surface area (Å²) in [5.41, 5.74) is 3.32. The first kappa shape index (κ1) is 22.2. The molecule has 0 radical (unpaired) electrons. The minimum atomic E-state index is -0.382. The maximum atomic E-state index is 13.3. The predicted molar refractivity (Wildman–Crippen MR) is 132 cm³/mol. The summed E-state index contributed by atoms with van der Waals surface area (Å²) in [4.78, 5) is 29.8. The van der Waals surface area contributed by atoms with Gasteiger partial charge < -0.3 is 9.47 Å². The molecule has 1 N–H and O–H groups in total. The molecule has 4 rings (SSSR count). The molecule has 1 heterocycles. The van der Waals surface area contributed by atoms with E-state index in [1.54, 1.807) is 32.2 Å². The standard InChI is InChI=1S/C26H22N2O4S/c1-3-32-25(30)19-11-14-22-23(16-19)33-26(27-22)28-24(29)21(18-7-5-4-6-8-18)15-17-9-12-20(31-2)13-10-17/h4-16H,3H2,1-2H3,(H,27,28,29)/b21-15+. The van der Waals surface area contributed by atoms with E-state index in [0.29, 0.717) is 28.4 Å². The van der Waals surface area contributed by atoms with Crippen molar-refractivity contribution in [2.75, 3.05) is 19.0 Å². The molecule has 0 aliphatic heterocycles. The average Bonchev–Trinajstić information content (AvgIpc) is 3.25. The molecule has 6 nitrogen and oxygen atoms in total. The molecular weight excluding hydrogens is 436 g/mol. The van der Waals surface area contributed by atoms with E-state index in [4.69, 9.17) is 9.47 Å². The van der Waals surface area contributed by atoms with Crippen molar-refractivity contribution in [3.05, 3.63) is 89.5 Å². The van der Waals surface area contributed by atoms with Crippen molar-refractivity contribution >= 4 is 50.2 Å². The second kappa shape index (κ2) is 10.1. The smallest absolute Gasteiger partial charge is 0.338 e. The molecule has 7 heteroatoms. The summed E-state index contributed by atoms with van der Waals surface area (Å²) in [6.07, 6.45) is 1.83. The molecule has 4 aromatic rings. The van der Waals surface area contributed by atoms with Gasteiger partial charge in [-0.05, 0) is 54.5 Å². The zero-order chi connectivity index (χ0) is 23.2. The van der Waals surface area contributed by atoms with Crippen LogP contribution in [-0.2, 0) is 9.53 Å². The van der Waals surface area contributed by atoms with Crippen LogP contribution in [0.1, 0.15) is 28.4 Å². The van der Waals surface area contributed by atoms with Crippen LogP contribution in [0.15, 0.2) is 72.8 Å². The Morgan fingerprint density at radius 2 is 1.76 bits per heavy atom. The van der Waals surface area contributed by atoms with Gasteiger partial charge in [-0.25, -0.2) is 9.78 Å². The summed E-state index contributed by atoms with van der Waals surface area (Å²) in [6, 6.07) is 22.1. The molecule has 1 aromatic heterocycles. The number of amides is 1. The Kier molecular flexibility index (Phi) is 6.80. The van der Waals surface area contributed by atoms with E-state index < -0.39 is 0 Å². The molecule has 0 atom stereocenters. The zero-order valence-electron chi connectivity index (χ0n) is 18.2. The van der Waals surface area contributed by atoms with Gasteiger partial charge in [-0.15, -0.1) is 0 Å². The normalized spacial score (nSPS) is 11.3. The molecule has 166 valence electrons. The molecular formula is C26H22N2O4S. The lowest BCUT2D eigenvalue weighted by Gasteiger charge is -2.08. The lowest BCUT2D eigenvalue weighted by atomic mass is 10.0. The minimum Gasteiger partial charge on any atom is -0.497 e. The van der Waals surface area contributed by atoms with Crippen molar-refractivity contribution < 1.29 is 19.1 Å². The highest BCUT2D eigenvalue weighted by Crippen LogP contribution is 2.29. The number of aromatic nitrogens is 1. The summed E-state index contributed by atoms with van der Waals surface area (Å²) < 4.78 is 11.1. The third-order valence-corrected chi connectivity index (χ3v) is 5.81. The van der Waals surface area contributed by atoms with Crippen LogP contribution in [0.2, 0.25) is 0 Å². The number of esters is 1. The minimum absolute atomic E-state index is 0.276. The summed E-state index contributed by atoms with van der Waals surface area (Å²) in [7, 11) is 1.61. The second-order valence-corrected chi connectivity index (χ2v) is 8.10. The highest BCUT2D eigenvalue weighted by Gasteiger charge is 2.16. The van der Waals surface area contributed by atoms with Gasteiger partial charge in [0.25, 0.3) is 5.91 Å². The van der Waals surface area contributed by atoms with Gasteiger partial charge in [-0.2, -0.15) is 0 Å². The van der Waals surface area contributed by atoms with E-state index in [2.05, 4.69) is 10.3 Å². The lowest BCUT2D eigenvalue weighted by Crippen LogP contribution is -2.13. The first-order valence-corrected chi connectivity index (χ1v) is 11.2. The van der Waals surface area contributed by atoms with Crippen LogP contribution >= 0.6 is 11.3 Å². The molecule has 0 fully saturated rings. The molecule has 33 heavy (non-hydrogen) atoms. The van der Waals surface area contributed by atoms with Gasteiger partial charge in [-0.1, -0.05) is 53.8 Å². The molecule has 0 saturated heterocycles. The number of carbonyl (C=O) groups excluding carboxylic acids is 2. The molecule has 0 aliphatic rings. The van der Waals surface area contributed by atoms with Crippen molar-refractivity contribution in [1.82, 2.24) is 4.98 Å². The van der Waals surface area contributed by atoms with E-state index in [0.717, 1.165) is 21.6 Å². The van der Waals surface area contributed by atoms with Crippen molar-refractivity contribution in [3.8, 4) is 5.75 Å². The van der Waals surface area contributed by atoms with Crippen LogP contribution in [0.3, 0.4) is 0 Å². The quantitative estimate of drug-likeness (QED) is 0.220. The Bertz CT molecular complexity index is 1310. The third-order valence-electron chi connectivity index (χ3n) is 4.88. The summed E-state index contributed by atoms with van der Waals surface area (Å²) in [5, 5.41) is 3.36. The monoisotopic (exact) mass is 458 g/mol. The fourth-order valence-corrected chi connectivity index (χ4v) is 4.15. The molecule has 3 aromatic carbocycles. The van der Waals surface area contributed by atoms with Crippen LogP contribution in [0.5, 0.6) is 5.75 Å². The predicted octanol–water partition coefficient (Wildman–Crippen LogP) is 5.66. The topological polar surface area (TPSA) is 77.5 Å². The Morgan fingerprint density at radius 3 is 2.45 bits per heavy atom. The summed E-state index contributed by atoms with van der Waals surface area (Å²) >= 11 is 1.30.